The van der Waals surface area contributed by atoms with Gasteiger partial charge < -0.3 is 19.7 Å². The molecule has 1 aliphatic rings. The lowest BCUT2D eigenvalue weighted by molar-refractivity contribution is -0.118. The van der Waals surface area contributed by atoms with Crippen LogP contribution in [0.25, 0.3) is 11.3 Å². The van der Waals surface area contributed by atoms with Crippen LogP contribution in [0.3, 0.4) is 0 Å². The highest BCUT2D eigenvalue weighted by atomic mass is 16.5. The van der Waals surface area contributed by atoms with Crippen LogP contribution in [0, 0.1) is 0 Å². The number of benzene rings is 2. The van der Waals surface area contributed by atoms with Gasteiger partial charge in [-0.05, 0) is 56.2 Å². The molecule has 1 fully saturated rings. The van der Waals surface area contributed by atoms with Crippen molar-refractivity contribution < 1.29 is 14.3 Å². The summed E-state index contributed by atoms with van der Waals surface area (Å²) in [7, 11) is 0. The van der Waals surface area contributed by atoms with Gasteiger partial charge in [-0.1, -0.05) is 31.0 Å². The summed E-state index contributed by atoms with van der Waals surface area (Å²) in [5, 5.41) is 11.7. The number of hydrogen-bond acceptors (Lipinski definition) is 6. The first-order valence-corrected chi connectivity index (χ1v) is 11.6. The molecule has 33 heavy (non-hydrogen) atoms. The Morgan fingerprint density at radius 2 is 1.64 bits per heavy atom. The lowest BCUT2D eigenvalue weighted by Gasteiger charge is -2.20. The molecule has 3 aromatic rings. The van der Waals surface area contributed by atoms with E-state index in [1.165, 1.54) is 25.7 Å². The van der Waals surface area contributed by atoms with Crippen molar-refractivity contribution in [3.63, 3.8) is 0 Å². The number of nitrogens with zero attached hydrogens (tertiary/aromatic N) is 3. The number of anilines is 2. The molecular formula is C26H30N4O3. The van der Waals surface area contributed by atoms with Crippen LogP contribution in [0.5, 0.6) is 11.5 Å². The van der Waals surface area contributed by atoms with E-state index in [1.807, 2.05) is 55.5 Å². The van der Waals surface area contributed by atoms with E-state index in [2.05, 4.69) is 20.4 Å². The Labute approximate surface area is 194 Å². The number of rotatable bonds is 8. The summed E-state index contributed by atoms with van der Waals surface area (Å²) in [6.45, 7) is 4.51. The molecule has 0 aliphatic carbocycles. The predicted molar refractivity (Wildman–Crippen MR) is 130 cm³/mol. The minimum atomic E-state index is -0.230. The second-order valence-electron chi connectivity index (χ2n) is 8.00. The van der Waals surface area contributed by atoms with Crippen LogP contribution in [0.2, 0.25) is 0 Å². The first-order chi connectivity index (χ1) is 16.2. The Morgan fingerprint density at radius 1 is 0.909 bits per heavy atom. The smallest absolute Gasteiger partial charge is 0.262 e. The van der Waals surface area contributed by atoms with E-state index >= 15 is 0 Å². The monoisotopic (exact) mass is 446 g/mol. The van der Waals surface area contributed by atoms with Crippen molar-refractivity contribution >= 4 is 17.4 Å². The molecule has 0 spiro atoms. The summed E-state index contributed by atoms with van der Waals surface area (Å²) in [6.07, 6.45) is 5.00. The summed E-state index contributed by atoms with van der Waals surface area (Å²) in [5.41, 5.74) is 2.46. The second-order valence-corrected chi connectivity index (χ2v) is 8.00. The summed E-state index contributed by atoms with van der Waals surface area (Å²) < 4.78 is 11.0. The molecule has 0 bridgehead atoms. The topological polar surface area (TPSA) is 76.6 Å². The van der Waals surface area contributed by atoms with E-state index in [4.69, 9.17) is 9.47 Å². The molecule has 1 amide bonds. The van der Waals surface area contributed by atoms with Gasteiger partial charge >= 0.3 is 0 Å². The highest BCUT2D eigenvalue weighted by Crippen LogP contribution is 2.23. The maximum Gasteiger partial charge on any atom is 0.262 e. The maximum atomic E-state index is 12.3. The van der Waals surface area contributed by atoms with E-state index in [0.29, 0.717) is 23.8 Å². The molecule has 7 heteroatoms. The number of aromatic nitrogens is 2. The van der Waals surface area contributed by atoms with E-state index in [0.717, 1.165) is 30.2 Å². The minimum absolute atomic E-state index is 0.0826. The van der Waals surface area contributed by atoms with Crippen LogP contribution in [-0.2, 0) is 4.79 Å². The molecule has 2 aromatic carbocycles. The van der Waals surface area contributed by atoms with Crippen molar-refractivity contribution in [3.8, 4) is 22.8 Å². The van der Waals surface area contributed by atoms with Crippen molar-refractivity contribution in [1.82, 2.24) is 10.2 Å². The summed E-state index contributed by atoms with van der Waals surface area (Å²) in [5.74, 6) is 2.02. The van der Waals surface area contributed by atoms with E-state index < -0.39 is 0 Å². The third-order valence-electron chi connectivity index (χ3n) is 5.53. The van der Waals surface area contributed by atoms with Gasteiger partial charge in [0, 0.05) is 30.4 Å². The molecule has 2 heterocycles. The van der Waals surface area contributed by atoms with Gasteiger partial charge in [0.15, 0.2) is 12.4 Å². The predicted octanol–water partition coefficient (Wildman–Crippen LogP) is 4.94. The number of carbonyl (C=O) groups is 1. The maximum absolute atomic E-state index is 12.3. The Bertz CT molecular complexity index is 1030. The highest BCUT2D eigenvalue weighted by Gasteiger charge is 2.12. The molecule has 0 atom stereocenters. The largest absolute Gasteiger partial charge is 0.494 e. The number of nitrogens with one attached hydrogen (secondary N) is 1. The van der Waals surface area contributed by atoms with Gasteiger partial charge in [0.1, 0.15) is 11.5 Å². The fourth-order valence-electron chi connectivity index (χ4n) is 3.84. The van der Waals surface area contributed by atoms with Gasteiger partial charge in [0.05, 0.1) is 12.3 Å². The van der Waals surface area contributed by atoms with Gasteiger partial charge in [-0.15, -0.1) is 10.2 Å². The number of hydrogen-bond donors (Lipinski definition) is 1. The zero-order valence-electron chi connectivity index (χ0n) is 19.0. The lowest BCUT2D eigenvalue weighted by Crippen LogP contribution is -2.25. The van der Waals surface area contributed by atoms with Crippen molar-refractivity contribution in [2.24, 2.45) is 0 Å². The first kappa shape index (κ1) is 22.6. The molecule has 172 valence electrons. The van der Waals surface area contributed by atoms with Crippen molar-refractivity contribution in [1.29, 1.82) is 0 Å². The summed E-state index contributed by atoms with van der Waals surface area (Å²) in [6, 6.07) is 18.9. The van der Waals surface area contributed by atoms with Gasteiger partial charge in [-0.25, -0.2) is 0 Å². The number of amides is 1. The molecule has 1 aromatic heterocycles. The molecule has 1 saturated heterocycles. The van der Waals surface area contributed by atoms with E-state index in [9.17, 15) is 4.79 Å². The SMILES string of the molecule is CCOc1cccc(OCC(=O)Nc2ccc(-c3ccc(N4CCCCCC4)nn3)cc2)c1. The summed E-state index contributed by atoms with van der Waals surface area (Å²) >= 11 is 0. The lowest BCUT2D eigenvalue weighted by atomic mass is 10.1. The van der Waals surface area contributed by atoms with Crippen molar-refractivity contribution in [2.45, 2.75) is 32.6 Å². The quantitative estimate of drug-likeness (QED) is 0.528. The van der Waals surface area contributed by atoms with Crippen LogP contribution in [0.1, 0.15) is 32.6 Å². The molecule has 0 radical (unpaired) electrons. The second kappa shape index (κ2) is 11.3. The molecule has 4 rings (SSSR count). The standard InChI is InChI=1S/C26H30N4O3/c1-2-32-22-8-7-9-23(18-22)33-19-26(31)27-21-12-10-20(11-13-21)24-14-15-25(29-28-24)30-16-5-3-4-6-17-30/h7-15,18H,2-6,16-17,19H2,1H3,(H,27,31). The Morgan fingerprint density at radius 3 is 2.30 bits per heavy atom. The van der Waals surface area contributed by atoms with Crippen LogP contribution in [-0.4, -0.2) is 42.4 Å². The Hall–Kier alpha value is -3.61. The van der Waals surface area contributed by atoms with E-state index in [1.54, 1.807) is 12.1 Å². The highest BCUT2D eigenvalue weighted by molar-refractivity contribution is 5.92. The fraction of sp³-hybridized carbons (Fsp3) is 0.346. The third kappa shape index (κ3) is 6.44. The Kier molecular flexibility index (Phi) is 7.74. The molecular weight excluding hydrogens is 416 g/mol. The zero-order valence-corrected chi connectivity index (χ0v) is 19.0. The molecule has 7 nitrogen and oxygen atoms in total. The molecule has 0 unspecified atom stereocenters. The average Bonchev–Trinajstić information content (AvgIpc) is 3.14. The zero-order chi connectivity index (χ0) is 22.9. The average molecular weight is 447 g/mol. The van der Waals surface area contributed by atoms with Gasteiger partial charge in [-0.2, -0.15) is 0 Å². The number of ether oxygens (including phenoxy) is 2. The molecule has 0 saturated carbocycles. The Balaban J connectivity index is 1.30. The van der Waals surface area contributed by atoms with Crippen molar-refractivity contribution in [2.75, 3.05) is 36.5 Å². The third-order valence-corrected chi connectivity index (χ3v) is 5.53. The molecule has 1 aliphatic heterocycles. The van der Waals surface area contributed by atoms with Crippen LogP contribution in [0.4, 0.5) is 11.5 Å². The van der Waals surface area contributed by atoms with Gasteiger partial charge in [-0.3, -0.25) is 4.79 Å². The summed E-state index contributed by atoms with van der Waals surface area (Å²) in [4.78, 5) is 14.6. The minimum Gasteiger partial charge on any atom is -0.494 e. The molecule has 1 N–H and O–H groups in total. The van der Waals surface area contributed by atoms with Crippen LogP contribution < -0.4 is 19.7 Å². The van der Waals surface area contributed by atoms with Gasteiger partial charge in [0.25, 0.3) is 5.91 Å². The number of carbonyl (C=O) groups excluding carboxylic acids is 1. The normalized spacial score (nSPS) is 13.8. The van der Waals surface area contributed by atoms with Gasteiger partial charge in [0.2, 0.25) is 0 Å². The fourth-order valence-corrected chi connectivity index (χ4v) is 3.84. The first-order valence-electron chi connectivity index (χ1n) is 11.6. The van der Waals surface area contributed by atoms with Crippen molar-refractivity contribution in [3.05, 3.63) is 60.7 Å². The van der Waals surface area contributed by atoms with Crippen LogP contribution >= 0.6 is 0 Å². The van der Waals surface area contributed by atoms with E-state index in [-0.39, 0.29) is 12.5 Å². The van der Waals surface area contributed by atoms with Crippen LogP contribution in [0.15, 0.2) is 60.7 Å².